The number of nitrogens with zero attached hydrogens (tertiary/aromatic N) is 1. The zero-order valence-corrected chi connectivity index (χ0v) is 11.6. The molecular weight excluding hydrogens is 228 g/mol. The van der Waals surface area contributed by atoms with Crippen molar-refractivity contribution in [3.8, 4) is 5.75 Å². The van der Waals surface area contributed by atoms with Gasteiger partial charge in [0.2, 0.25) is 5.91 Å². The van der Waals surface area contributed by atoms with E-state index < -0.39 is 0 Å². The number of rotatable bonds is 6. The van der Waals surface area contributed by atoms with Gasteiger partial charge in [-0.2, -0.15) is 0 Å². The number of nitrogens with one attached hydrogen (secondary N) is 1. The average Bonchev–Trinajstić information content (AvgIpc) is 2.37. The molecule has 0 saturated heterocycles. The van der Waals surface area contributed by atoms with Crippen molar-refractivity contribution < 1.29 is 9.53 Å². The van der Waals surface area contributed by atoms with Gasteiger partial charge in [0.1, 0.15) is 5.75 Å². The van der Waals surface area contributed by atoms with Crippen LogP contribution in [-0.2, 0) is 4.79 Å². The largest absolute Gasteiger partial charge is 0.491 e. The molecule has 1 aromatic rings. The van der Waals surface area contributed by atoms with Crippen molar-refractivity contribution in [3.05, 3.63) is 24.3 Å². The van der Waals surface area contributed by atoms with Gasteiger partial charge in [0.15, 0.2) is 0 Å². The highest BCUT2D eigenvalue weighted by molar-refractivity contribution is 5.80. The summed E-state index contributed by atoms with van der Waals surface area (Å²) in [5.41, 5.74) is 0.918. The van der Waals surface area contributed by atoms with E-state index in [1.165, 1.54) is 0 Å². The number of benzene rings is 1. The molecule has 1 aromatic carbocycles. The topological polar surface area (TPSA) is 41.6 Å². The van der Waals surface area contributed by atoms with Crippen LogP contribution < -0.4 is 10.1 Å². The van der Waals surface area contributed by atoms with Crippen LogP contribution in [0.3, 0.4) is 0 Å². The smallest absolute Gasteiger partial charge is 0.241 e. The zero-order valence-electron chi connectivity index (χ0n) is 11.6. The molecule has 1 unspecified atom stereocenters. The van der Waals surface area contributed by atoms with Crippen LogP contribution in [0.4, 0.5) is 5.69 Å². The Morgan fingerprint density at radius 2 is 1.94 bits per heavy atom. The van der Waals surface area contributed by atoms with E-state index in [0.717, 1.165) is 17.9 Å². The lowest BCUT2D eigenvalue weighted by Gasteiger charge is -2.14. The van der Waals surface area contributed by atoms with Crippen molar-refractivity contribution in [3.63, 3.8) is 0 Å². The van der Waals surface area contributed by atoms with Crippen LogP contribution in [0.2, 0.25) is 0 Å². The molecule has 0 radical (unpaired) electrons. The number of carbonyl (C=O) groups is 1. The van der Waals surface area contributed by atoms with Gasteiger partial charge in [-0.1, -0.05) is 6.92 Å². The van der Waals surface area contributed by atoms with Crippen LogP contribution >= 0.6 is 0 Å². The Labute approximate surface area is 109 Å². The van der Waals surface area contributed by atoms with Crippen molar-refractivity contribution in [2.75, 3.05) is 26.0 Å². The number of anilines is 1. The van der Waals surface area contributed by atoms with Crippen molar-refractivity contribution in [2.24, 2.45) is 0 Å². The van der Waals surface area contributed by atoms with Crippen LogP contribution in [0.15, 0.2) is 24.3 Å². The molecule has 0 bridgehead atoms. The quantitative estimate of drug-likeness (QED) is 0.842. The molecule has 0 aliphatic carbocycles. The summed E-state index contributed by atoms with van der Waals surface area (Å²) in [7, 11) is 3.49. The molecule has 0 spiro atoms. The Kier molecular flexibility index (Phi) is 5.49. The van der Waals surface area contributed by atoms with Crippen LogP contribution in [0.5, 0.6) is 5.75 Å². The van der Waals surface area contributed by atoms with Gasteiger partial charge in [-0.05, 0) is 37.6 Å². The van der Waals surface area contributed by atoms with Crippen molar-refractivity contribution >= 4 is 11.6 Å². The third-order valence-electron chi connectivity index (χ3n) is 2.71. The molecule has 1 atom stereocenters. The summed E-state index contributed by atoms with van der Waals surface area (Å²) in [6.07, 6.45) is 1.20. The highest BCUT2D eigenvalue weighted by Gasteiger charge is 2.04. The second-order valence-electron chi connectivity index (χ2n) is 4.50. The summed E-state index contributed by atoms with van der Waals surface area (Å²) in [6, 6.07) is 7.66. The Balaban J connectivity index is 2.48. The van der Waals surface area contributed by atoms with Gasteiger partial charge in [-0.15, -0.1) is 0 Å². The minimum Gasteiger partial charge on any atom is -0.491 e. The van der Waals surface area contributed by atoms with Gasteiger partial charge in [0, 0.05) is 19.8 Å². The summed E-state index contributed by atoms with van der Waals surface area (Å²) >= 11 is 0. The number of ether oxygens (including phenoxy) is 1. The standard InChI is InChI=1S/C14H22N2O2/c1-5-11(2)18-13-8-6-12(7-9-13)15-10-14(17)16(3)4/h6-9,11,15H,5,10H2,1-4H3. The maximum absolute atomic E-state index is 11.4. The van der Waals surface area contributed by atoms with Crippen LogP contribution in [0.1, 0.15) is 20.3 Å². The van der Waals surface area contributed by atoms with Gasteiger partial charge < -0.3 is 15.0 Å². The lowest BCUT2D eigenvalue weighted by atomic mass is 10.3. The van der Waals surface area contributed by atoms with Gasteiger partial charge >= 0.3 is 0 Å². The Hall–Kier alpha value is -1.71. The third kappa shape index (κ3) is 4.65. The molecule has 1 amide bonds. The second-order valence-corrected chi connectivity index (χ2v) is 4.50. The Morgan fingerprint density at radius 1 is 1.33 bits per heavy atom. The first-order valence-electron chi connectivity index (χ1n) is 6.23. The predicted octanol–water partition coefficient (Wildman–Crippen LogP) is 2.36. The predicted molar refractivity (Wildman–Crippen MR) is 74.0 cm³/mol. The number of likely N-dealkylation sites (N-methyl/N-ethyl adjacent to an activating group) is 1. The first-order chi connectivity index (χ1) is 8.52. The number of amides is 1. The van der Waals surface area contributed by atoms with Gasteiger partial charge in [0.25, 0.3) is 0 Å². The Bertz CT molecular complexity index is 374. The van der Waals surface area contributed by atoms with E-state index in [1.54, 1.807) is 19.0 Å². The fourth-order valence-corrected chi connectivity index (χ4v) is 1.30. The molecule has 0 saturated carbocycles. The zero-order chi connectivity index (χ0) is 13.5. The van der Waals surface area contributed by atoms with Gasteiger partial charge in [-0.3, -0.25) is 4.79 Å². The van der Waals surface area contributed by atoms with Crippen molar-refractivity contribution in [1.29, 1.82) is 0 Å². The van der Waals surface area contributed by atoms with Crippen molar-refractivity contribution in [2.45, 2.75) is 26.4 Å². The highest BCUT2D eigenvalue weighted by atomic mass is 16.5. The maximum atomic E-state index is 11.4. The lowest BCUT2D eigenvalue weighted by molar-refractivity contribution is -0.126. The average molecular weight is 250 g/mol. The Morgan fingerprint density at radius 3 is 2.44 bits per heavy atom. The first kappa shape index (κ1) is 14.4. The molecule has 4 nitrogen and oxygen atoms in total. The molecule has 1 N–H and O–H groups in total. The first-order valence-corrected chi connectivity index (χ1v) is 6.23. The van der Waals surface area contributed by atoms with E-state index in [1.807, 2.05) is 31.2 Å². The van der Waals surface area contributed by atoms with Crippen LogP contribution in [-0.4, -0.2) is 37.6 Å². The molecule has 18 heavy (non-hydrogen) atoms. The highest BCUT2D eigenvalue weighted by Crippen LogP contribution is 2.17. The number of hydrogen-bond acceptors (Lipinski definition) is 3. The van der Waals surface area contributed by atoms with E-state index in [9.17, 15) is 4.79 Å². The minimum absolute atomic E-state index is 0.0509. The summed E-state index contributed by atoms with van der Waals surface area (Å²) in [4.78, 5) is 13.0. The molecule has 0 aromatic heterocycles. The van der Waals surface area contributed by atoms with E-state index in [2.05, 4.69) is 12.2 Å². The third-order valence-corrected chi connectivity index (χ3v) is 2.71. The molecule has 100 valence electrons. The molecule has 0 aliphatic heterocycles. The van der Waals surface area contributed by atoms with Gasteiger partial charge in [0.05, 0.1) is 12.6 Å². The van der Waals surface area contributed by atoms with E-state index >= 15 is 0 Å². The molecule has 4 heteroatoms. The molecular formula is C14H22N2O2. The molecule has 1 rings (SSSR count). The maximum Gasteiger partial charge on any atom is 0.241 e. The van der Waals surface area contributed by atoms with Crippen LogP contribution in [0, 0.1) is 0 Å². The van der Waals surface area contributed by atoms with Crippen molar-refractivity contribution in [1.82, 2.24) is 4.90 Å². The molecule has 0 fully saturated rings. The fraction of sp³-hybridized carbons (Fsp3) is 0.500. The summed E-state index contributed by atoms with van der Waals surface area (Å²) in [5, 5.41) is 3.07. The monoisotopic (exact) mass is 250 g/mol. The van der Waals surface area contributed by atoms with Gasteiger partial charge in [-0.25, -0.2) is 0 Å². The number of hydrogen-bond donors (Lipinski definition) is 1. The normalized spacial score (nSPS) is 11.8. The SMILES string of the molecule is CCC(C)Oc1ccc(NCC(=O)N(C)C)cc1. The van der Waals surface area contributed by atoms with E-state index in [0.29, 0.717) is 6.54 Å². The lowest BCUT2D eigenvalue weighted by Crippen LogP contribution is -2.28. The summed E-state index contributed by atoms with van der Waals surface area (Å²) in [6.45, 7) is 4.44. The van der Waals surface area contributed by atoms with Crippen LogP contribution in [0.25, 0.3) is 0 Å². The minimum atomic E-state index is 0.0509. The summed E-state index contributed by atoms with van der Waals surface area (Å²) < 4.78 is 5.68. The second kappa shape index (κ2) is 6.89. The molecule has 0 aliphatic rings. The fourth-order valence-electron chi connectivity index (χ4n) is 1.30. The number of carbonyl (C=O) groups excluding carboxylic acids is 1. The van der Waals surface area contributed by atoms with E-state index in [4.69, 9.17) is 4.74 Å². The summed E-state index contributed by atoms with van der Waals surface area (Å²) in [5.74, 6) is 0.906. The molecule has 0 heterocycles. The van der Waals surface area contributed by atoms with E-state index in [-0.39, 0.29) is 12.0 Å².